The second kappa shape index (κ2) is 13.8. The molecule has 0 N–H and O–H groups in total. The van der Waals surface area contributed by atoms with Gasteiger partial charge in [0.2, 0.25) is 8.01 Å². The van der Waals surface area contributed by atoms with E-state index in [-0.39, 0.29) is 11.6 Å². The highest BCUT2D eigenvalue weighted by atomic mass is 31.1. The summed E-state index contributed by atoms with van der Waals surface area (Å²) in [4.78, 5) is 0. The van der Waals surface area contributed by atoms with Gasteiger partial charge in [0.1, 0.15) is 11.2 Å². The molecule has 1 aliphatic carbocycles. The van der Waals surface area contributed by atoms with Gasteiger partial charge in [0.05, 0.1) is 5.66 Å². The van der Waals surface area contributed by atoms with E-state index < -0.39 is 15.9 Å². The lowest BCUT2D eigenvalue weighted by Crippen LogP contribution is -2.27. The van der Waals surface area contributed by atoms with Gasteiger partial charge in [0.25, 0.3) is 0 Å². The summed E-state index contributed by atoms with van der Waals surface area (Å²) >= 11 is 0. The lowest BCUT2D eigenvalue weighted by Gasteiger charge is -2.33. The third-order valence-electron chi connectivity index (χ3n) is 11.3. The maximum Gasteiger partial charge on any atom is 0.225 e. The van der Waals surface area contributed by atoms with Crippen molar-refractivity contribution in [3.63, 3.8) is 0 Å². The predicted octanol–water partition coefficient (Wildman–Crippen LogP) is 13.9. The van der Waals surface area contributed by atoms with Crippen molar-refractivity contribution in [2.45, 2.75) is 11.6 Å². The Balaban J connectivity index is 1.28. The van der Waals surface area contributed by atoms with E-state index in [1.807, 2.05) is 0 Å². The van der Waals surface area contributed by atoms with Crippen LogP contribution in [-0.2, 0) is 0 Å². The normalized spacial score (nSPS) is 15.2. The Hall–Kier alpha value is -6.17. The maximum atomic E-state index is 7.52. The molecular formula is C52H36O2P2. The number of hydrogen-bond acceptors (Lipinski definition) is 2. The molecule has 1 unspecified atom stereocenters. The van der Waals surface area contributed by atoms with Crippen LogP contribution in [0.15, 0.2) is 209 Å². The molecule has 2 atom stereocenters. The van der Waals surface area contributed by atoms with Crippen LogP contribution in [0, 0.1) is 0 Å². The Morgan fingerprint density at radius 1 is 0.429 bits per heavy atom. The molecule has 0 saturated heterocycles. The fraction of sp³-hybridized carbons (Fsp3) is 0.0385. The number of allylic oxidation sites excluding steroid dienone is 1. The Labute approximate surface area is 327 Å². The topological polar surface area (TPSA) is 26.3 Å². The molecule has 10 aromatic rings. The van der Waals surface area contributed by atoms with E-state index in [0.29, 0.717) is 0 Å². The van der Waals surface area contributed by atoms with Gasteiger partial charge in [0.15, 0.2) is 0 Å². The van der Waals surface area contributed by atoms with Crippen LogP contribution < -0.4 is 15.9 Å². The minimum atomic E-state index is -1.63. The zero-order chi connectivity index (χ0) is 37.0. The van der Waals surface area contributed by atoms with Crippen molar-refractivity contribution in [2.75, 3.05) is 0 Å². The molecule has 1 heterocycles. The molecule has 1 aliphatic rings. The third-order valence-corrected chi connectivity index (χ3v) is 15.6. The van der Waals surface area contributed by atoms with E-state index in [1.54, 1.807) is 0 Å². The predicted molar refractivity (Wildman–Crippen MR) is 240 cm³/mol. The van der Waals surface area contributed by atoms with Gasteiger partial charge in [-0.2, -0.15) is 0 Å². The van der Waals surface area contributed by atoms with Crippen LogP contribution in [0.1, 0.15) is 28.3 Å². The fourth-order valence-corrected chi connectivity index (χ4v) is 13.5. The fourth-order valence-electron chi connectivity index (χ4n) is 8.85. The van der Waals surface area contributed by atoms with Gasteiger partial charge in [-0.1, -0.05) is 194 Å². The molecular weight excluding hydrogens is 719 g/mol. The Morgan fingerprint density at radius 2 is 0.929 bits per heavy atom. The highest BCUT2D eigenvalue weighted by Gasteiger charge is 2.38. The van der Waals surface area contributed by atoms with E-state index in [2.05, 4.69) is 206 Å². The second-order valence-corrected chi connectivity index (χ2v) is 18.1. The standard InChI is InChI=1S/C52H36O2P2/c1-3-20-39(21-4-1)55(40-22-5-2-6-23-40)48-28-14-19-38-29-32-45(44-27-13-18-35-15-7-10-24-41(35)44)52(49(38)48)56-53-46-33-30-36-16-8-11-25-42(36)50(46)51-43-26-12-9-17-37(43)31-34-47(51)54-56/h1-34,45,52H/t45-,52?/m0/s1. The van der Waals surface area contributed by atoms with Gasteiger partial charge in [-0.3, -0.25) is 0 Å². The number of fused-ring (bicyclic) bond motifs is 9. The van der Waals surface area contributed by atoms with Crippen LogP contribution in [0.3, 0.4) is 0 Å². The van der Waals surface area contributed by atoms with Crippen LogP contribution >= 0.6 is 15.9 Å². The average Bonchev–Trinajstić information content (AvgIpc) is 3.44. The molecule has 56 heavy (non-hydrogen) atoms. The first-order chi connectivity index (χ1) is 27.8. The maximum absolute atomic E-state index is 7.52. The lowest BCUT2D eigenvalue weighted by atomic mass is 9.82. The molecule has 0 spiro atoms. The van der Waals surface area contributed by atoms with Crippen LogP contribution in [0.4, 0.5) is 0 Å². The van der Waals surface area contributed by atoms with E-state index >= 15 is 0 Å². The monoisotopic (exact) mass is 754 g/mol. The summed E-state index contributed by atoms with van der Waals surface area (Å²) in [5, 5.41) is 13.3. The van der Waals surface area contributed by atoms with Gasteiger partial charge >= 0.3 is 0 Å². The molecule has 0 saturated carbocycles. The van der Waals surface area contributed by atoms with E-state index in [0.717, 1.165) is 32.7 Å². The van der Waals surface area contributed by atoms with Gasteiger partial charge in [0, 0.05) is 16.7 Å². The molecule has 9 aromatic carbocycles. The lowest BCUT2D eigenvalue weighted by molar-refractivity contribution is 0.608. The molecule has 4 heteroatoms. The van der Waals surface area contributed by atoms with Crippen LogP contribution in [0.5, 0.6) is 0 Å². The highest BCUT2D eigenvalue weighted by Crippen LogP contribution is 2.58. The van der Waals surface area contributed by atoms with E-state index in [9.17, 15) is 0 Å². The summed E-state index contributed by atoms with van der Waals surface area (Å²) in [6, 6.07) is 70.5. The van der Waals surface area contributed by atoms with Gasteiger partial charge in [-0.05, 0) is 85.0 Å². The van der Waals surface area contributed by atoms with Crippen LogP contribution in [0.25, 0.3) is 60.3 Å². The SMILES string of the molecule is C1=C[C@@H](c2cccc3ccccc23)C(p2oc3ccc4ccccc4c3c3c(ccc4ccccc43)o2)c2c1cccc2P(c1ccccc1)c1ccccc1. The summed E-state index contributed by atoms with van der Waals surface area (Å²) in [5.74, 6) is -0.0184. The van der Waals surface area contributed by atoms with Crippen molar-refractivity contribution in [3.05, 3.63) is 217 Å². The minimum Gasteiger partial charge on any atom is -0.419 e. The van der Waals surface area contributed by atoms with Crippen LogP contribution in [-0.4, -0.2) is 0 Å². The molecule has 2 nitrogen and oxygen atoms in total. The zero-order valence-corrected chi connectivity index (χ0v) is 32.3. The summed E-state index contributed by atoms with van der Waals surface area (Å²) < 4.78 is 15.0. The molecule has 0 radical (unpaired) electrons. The molecule has 0 bridgehead atoms. The molecule has 1 aromatic heterocycles. The van der Waals surface area contributed by atoms with Gasteiger partial charge in [-0.15, -0.1) is 0 Å². The smallest absolute Gasteiger partial charge is 0.225 e. The van der Waals surface area contributed by atoms with Crippen molar-refractivity contribution in [2.24, 2.45) is 0 Å². The van der Waals surface area contributed by atoms with E-state index in [1.165, 1.54) is 54.1 Å². The number of hydrogen-bond donors (Lipinski definition) is 0. The zero-order valence-electron chi connectivity index (χ0n) is 30.5. The van der Waals surface area contributed by atoms with Gasteiger partial charge in [-0.25, -0.2) is 0 Å². The molecule has 0 aliphatic heterocycles. The van der Waals surface area contributed by atoms with Crippen molar-refractivity contribution in [1.29, 1.82) is 0 Å². The Morgan fingerprint density at radius 3 is 1.54 bits per heavy atom. The second-order valence-electron chi connectivity index (χ2n) is 14.5. The first-order valence-corrected chi connectivity index (χ1v) is 21.8. The quantitative estimate of drug-likeness (QED) is 0.164. The van der Waals surface area contributed by atoms with E-state index in [4.69, 9.17) is 8.39 Å². The average molecular weight is 755 g/mol. The van der Waals surface area contributed by atoms with Crippen molar-refractivity contribution < 1.29 is 8.39 Å². The Kier molecular flexibility index (Phi) is 8.21. The molecule has 266 valence electrons. The molecule has 11 rings (SSSR count). The summed E-state index contributed by atoms with van der Waals surface area (Å²) in [6.07, 6.45) is 4.76. The third kappa shape index (κ3) is 5.52. The first kappa shape index (κ1) is 33.2. The summed E-state index contributed by atoms with van der Waals surface area (Å²) in [6.45, 7) is 0. The van der Waals surface area contributed by atoms with Crippen molar-refractivity contribution >= 4 is 92.2 Å². The minimum absolute atomic E-state index is 0.0184. The van der Waals surface area contributed by atoms with Crippen molar-refractivity contribution in [1.82, 2.24) is 0 Å². The molecule has 0 fully saturated rings. The largest absolute Gasteiger partial charge is 0.419 e. The van der Waals surface area contributed by atoms with Gasteiger partial charge < -0.3 is 8.39 Å². The van der Waals surface area contributed by atoms with Crippen molar-refractivity contribution in [3.8, 4) is 0 Å². The first-order valence-electron chi connectivity index (χ1n) is 19.2. The number of benzene rings is 9. The van der Waals surface area contributed by atoms with Crippen LogP contribution in [0.2, 0.25) is 0 Å². The molecule has 0 amide bonds. The summed E-state index contributed by atoms with van der Waals surface area (Å²) in [5.41, 5.74) is 5.41. The number of rotatable bonds is 5. The highest BCUT2D eigenvalue weighted by molar-refractivity contribution is 7.80. The summed E-state index contributed by atoms with van der Waals surface area (Å²) in [7, 11) is -2.55. The Bertz CT molecular complexity index is 3030.